The normalized spacial score (nSPS) is 12.7. The first-order chi connectivity index (χ1) is 8.13. The molecule has 0 aliphatic rings. The van der Waals surface area contributed by atoms with Gasteiger partial charge in [-0.15, -0.1) is 0 Å². The second-order valence-corrected chi connectivity index (χ2v) is 4.41. The lowest BCUT2D eigenvalue weighted by atomic mass is 10.0. The lowest BCUT2D eigenvalue weighted by molar-refractivity contribution is 0.204. The number of aliphatic hydroxyl groups is 1. The van der Waals surface area contributed by atoms with Crippen molar-refractivity contribution in [3.8, 4) is 0 Å². The van der Waals surface area contributed by atoms with Crippen LogP contribution >= 0.6 is 11.6 Å². The standard InChI is InChI=1S/C13H15ClN2O/c1-3-16-7-6-15-13(16)12(17)11-5-4-10(14)8-9(11)2/h4-8,12,17H,3H2,1-2H3. The predicted molar refractivity (Wildman–Crippen MR) is 68.2 cm³/mol. The van der Waals surface area contributed by atoms with Gasteiger partial charge in [0.15, 0.2) is 0 Å². The summed E-state index contributed by atoms with van der Waals surface area (Å²) in [6.07, 6.45) is 2.86. The largest absolute Gasteiger partial charge is 0.380 e. The molecule has 90 valence electrons. The van der Waals surface area contributed by atoms with Crippen LogP contribution in [0.1, 0.15) is 30.0 Å². The average molecular weight is 251 g/mol. The van der Waals surface area contributed by atoms with E-state index in [-0.39, 0.29) is 0 Å². The van der Waals surface area contributed by atoms with E-state index in [9.17, 15) is 5.11 Å². The number of rotatable bonds is 3. The number of nitrogens with zero attached hydrogens (tertiary/aromatic N) is 2. The molecule has 17 heavy (non-hydrogen) atoms. The van der Waals surface area contributed by atoms with Crippen LogP contribution in [0.5, 0.6) is 0 Å². The molecule has 0 saturated carbocycles. The molecule has 1 atom stereocenters. The van der Waals surface area contributed by atoms with Gasteiger partial charge in [-0.3, -0.25) is 0 Å². The maximum absolute atomic E-state index is 10.3. The summed E-state index contributed by atoms with van der Waals surface area (Å²) < 4.78 is 1.93. The smallest absolute Gasteiger partial charge is 0.142 e. The van der Waals surface area contributed by atoms with E-state index in [1.807, 2.05) is 36.7 Å². The Bertz CT molecular complexity index is 522. The summed E-state index contributed by atoms with van der Waals surface area (Å²) in [7, 11) is 0. The number of halogens is 1. The van der Waals surface area contributed by atoms with Gasteiger partial charge in [0.1, 0.15) is 11.9 Å². The van der Waals surface area contributed by atoms with Crippen LogP contribution in [-0.2, 0) is 6.54 Å². The highest BCUT2D eigenvalue weighted by Gasteiger charge is 2.17. The summed E-state index contributed by atoms with van der Waals surface area (Å²) in [6, 6.07) is 5.47. The molecule has 0 saturated heterocycles. The van der Waals surface area contributed by atoms with Gasteiger partial charge in [-0.05, 0) is 37.1 Å². The summed E-state index contributed by atoms with van der Waals surface area (Å²) in [5, 5.41) is 11.0. The van der Waals surface area contributed by atoms with Crippen LogP contribution in [0.25, 0.3) is 0 Å². The molecule has 4 heteroatoms. The monoisotopic (exact) mass is 250 g/mol. The lowest BCUT2D eigenvalue weighted by Crippen LogP contribution is -2.10. The van der Waals surface area contributed by atoms with Gasteiger partial charge in [-0.25, -0.2) is 4.98 Å². The first-order valence-corrected chi connectivity index (χ1v) is 5.96. The molecule has 1 N–H and O–H groups in total. The van der Waals surface area contributed by atoms with Crippen molar-refractivity contribution in [3.63, 3.8) is 0 Å². The fraction of sp³-hybridized carbons (Fsp3) is 0.308. The molecule has 1 aromatic carbocycles. The van der Waals surface area contributed by atoms with Gasteiger partial charge in [-0.1, -0.05) is 17.7 Å². The van der Waals surface area contributed by atoms with Crippen LogP contribution in [0.2, 0.25) is 5.02 Å². The van der Waals surface area contributed by atoms with Gasteiger partial charge in [0, 0.05) is 24.0 Å². The Morgan fingerprint density at radius 3 is 2.88 bits per heavy atom. The Kier molecular flexibility index (Phi) is 3.50. The molecule has 0 bridgehead atoms. The number of imidazole rings is 1. The first-order valence-electron chi connectivity index (χ1n) is 5.58. The highest BCUT2D eigenvalue weighted by Crippen LogP contribution is 2.25. The summed E-state index contributed by atoms with van der Waals surface area (Å²) in [6.45, 7) is 4.75. The van der Waals surface area contributed by atoms with Gasteiger partial charge in [0.05, 0.1) is 0 Å². The third-order valence-electron chi connectivity index (χ3n) is 2.86. The van der Waals surface area contributed by atoms with Gasteiger partial charge in [-0.2, -0.15) is 0 Å². The van der Waals surface area contributed by atoms with Crippen molar-refractivity contribution in [2.75, 3.05) is 0 Å². The number of aromatic nitrogens is 2. The number of aliphatic hydroxyl groups excluding tert-OH is 1. The minimum atomic E-state index is -0.706. The highest BCUT2D eigenvalue weighted by atomic mass is 35.5. The fourth-order valence-electron chi connectivity index (χ4n) is 1.92. The molecule has 2 rings (SSSR count). The molecule has 0 aliphatic heterocycles. The topological polar surface area (TPSA) is 38.0 Å². The van der Waals surface area contributed by atoms with Crippen molar-refractivity contribution in [2.45, 2.75) is 26.5 Å². The Hall–Kier alpha value is -1.32. The summed E-state index contributed by atoms with van der Waals surface area (Å²) >= 11 is 5.90. The second kappa shape index (κ2) is 4.90. The third kappa shape index (κ3) is 2.35. The molecule has 0 fully saturated rings. The number of hydrogen-bond donors (Lipinski definition) is 1. The van der Waals surface area contributed by atoms with Crippen LogP contribution in [-0.4, -0.2) is 14.7 Å². The van der Waals surface area contributed by atoms with Gasteiger partial charge < -0.3 is 9.67 Å². The summed E-state index contributed by atoms with van der Waals surface area (Å²) in [4.78, 5) is 4.21. The van der Waals surface area contributed by atoms with E-state index in [0.29, 0.717) is 10.8 Å². The van der Waals surface area contributed by atoms with Crippen LogP contribution in [0, 0.1) is 6.92 Å². The molecular formula is C13H15ClN2O. The molecular weight excluding hydrogens is 236 g/mol. The predicted octanol–water partition coefficient (Wildman–Crippen LogP) is 2.95. The Morgan fingerprint density at radius 2 is 2.24 bits per heavy atom. The zero-order valence-corrected chi connectivity index (χ0v) is 10.6. The molecule has 0 radical (unpaired) electrons. The molecule has 1 aromatic heterocycles. The van der Waals surface area contributed by atoms with E-state index in [2.05, 4.69) is 4.98 Å². The molecule has 1 unspecified atom stereocenters. The van der Waals surface area contributed by atoms with Gasteiger partial charge in [0.25, 0.3) is 0 Å². The van der Waals surface area contributed by atoms with Crippen LogP contribution in [0.4, 0.5) is 0 Å². The van der Waals surface area contributed by atoms with Crippen molar-refractivity contribution < 1.29 is 5.11 Å². The zero-order valence-electron chi connectivity index (χ0n) is 9.89. The Balaban J connectivity index is 2.40. The fourth-order valence-corrected chi connectivity index (χ4v) is 2.15. The van der Waals surface area contributed by atoms with Crippen LogP contribution in [0.3, 0.4) is 0 Å². The lowest BCUT2D eigenvalue weighted by Gasteiger charge is -2.14. The van der Waals surface area contributed by atoms with Crippen molar-refractivity contribution in [3.05, 3.63) is 52.6 Å². The van der Waals surface area contributed by atoms with Crippen LogP contribution < -0.4 is 0 Å². The minimum absolute atomic E-state index is 0.665. The summed E-state index contributed by atoms with van der Waals surface area (Å²) in [5.41, 5.74) is 1.81. The van der Waals surface area contributed by atoms with Crippen molar-refractivity contribution in [1.82, 2.24) is 9.55 Å². The van der Waals surface area contributed by atoms with Gasteiger partial charge >= 0.3 is 0 Å². The third-order valence-corrected chi connectivity index (χ3v) is 3.09. The number of benzene rings is 1. The Labute approximate surface area is 106 Å². The van der Waals surface area contributed by atoms with Crippen molar-refractivity contribution in [1.29, 1.82) is 0 Å². The molecule has 0 spiro atoms. The highest BCUT2D eigenvalue weighted by molar-refractivity contribution is 6.30. The molecule has 1 heterocycles. The molecule has 2 aromatic rings. The van der Waals surface area contributed by atoms with Gasteiger partial charge in [0.2, 0.25) is 0 Å². The Morgan fingerprint density at radius 1 is 1.47 bits per heavy atom. The van der Waals surface area contributed by atoms with Crippen molar-refractivity contribution >= 4 is 11.6 Å². The zero-order chi connectivity index (χ0) is 12.4. The maximum Gasteiger partial charge on any atom is 0.142 e. The quantitative estimate of drug-likeness (QED) is 0.910. The van der Waals surface area contributed by atoms with Crippen molar-refractivity contribution in [2.24, 2.45) is 0 Å². The van der Waals surface area contributed by atoms with E-state index in [0.717, 1.165) is 17.7 Å². The molecule has 0 aliphatic carbocycles. The first kappa shape index (κ1) is 12.1. The SMILES string of the molecule is CCn1ccnc1C(O)c1ccc(Cl)cc1C. The van der Waals surface area contributed by atoms with E-state index in [1.165, 1.54) is 0 Å². The maximum atomic E-state index is 10.3. The molecule has 3 nitrogen and oxygen atoms in total. The number of hydrogen-bond acceptors (Lipinski definition) is 2. The second-order valence-electron chi connectivity index (χ2n) is 3.97. The van der Waals surface area contributed by atoms with E-state index < -0.39 is 6.10 Å². The van der Waals surface area contributed by atoms with Crippen LogP contribution in [0.15, 0.2) is 30.6 Å². The van der Waals surface area contributed by atoms with E-state index in [1.54, 1.807) is 12.3 Å². The summed E-state index contributed by atoms with van der Waals surface area (Å²) in [5.74, 6) is 0.665. The minimum Gasteiger partial charge on any atom is -0.380 e. The van der Waals surface area contributed by atoms with E-state index >= 15 is 0 Å². The average Bonchev–Trinajstić information content (AvgIpc) is 2.76. The van der Waals surface area contributed by atoms with E-state index in [4.69, 9.17) is 11.6 Å². The number of aryl methyl sites for hydroxylation is 2. The molecule has 0 amide bonds.